The number of halogens is 3. The van der Waals surface area contributed by atoms with Gasteiger partial charge in [0.25, 0.3) is 6.43 Å². The van der Waals surface area contributed by atoms with E-state index >= 15 is 0 Å². The summed E-state index contributed by atoms with van der Waals surface area (Å²) in [4.78, 5) is 10.6. The zero-order chi connectivity index (χ0) is 14.7. The van der Waals surface area contributed by atoms with Gasteiger partial charge in [-0.15, -0.1) is 0 Å². The lowest BCUT2D eigenvalue weighted by Crippen LogP contribution is -2.02. The van der Waals surface area contributed by atoms with Gasteiger partial charge in [-0.3, -0.25) is 4.79 Å². The number of nitrogens with zero attached hydrogens (tertiary/aromatic N) is 2. The first kappa shape index (κ1) is 14.8. The van der Waals surface area contributed by atoms with Gasteiger partial charge in [0.05, 0.1) is 11.4 Å². The molecule has 2 rings (SSSR count). The number of carboxylic acid groups (broad SMARTS) is 1. The Bertz CT molecular complexity index is 616. The van der Waals surface area contributed by atoms with Crippen molar-refractivity contribution in [2.24, 2.45) is 0 Å². The van der Waals surface area contributed by atoms with Gasteiger partial charge in [-0.05, 0) is 30.3 Å². The second kappa shape index (κ2) is 6.23. The van der Waals surface area contributed by atoms with Crippen LogP contribution < -0.4 is 0 Å². The summed E-state index contributed by atoms with van der Waals surface area (Å²) in [5.41, 5.74) is 0.141. The van der Waals surface area contributed by atoms with E-state index in [2.05, 4.69) is 5.10 Å². The first-order valence-electron chi connectivity index (χ1n) is 5.46. The van der Waals surface area contributed by atoms with Crippen LogP contribution in [0.15, 0.2) is 35.4 Å². The molecule has 0 radical (unpaired) electrons. The molecule has 0 bridgehead atoms. The van der Waals surface area contributed by atoms with E-state index in [1.165, 1.54) is 10.7 Å². The van der Waals surface area contributed by atoms with Crippen molar-refractivity contribution in [3.05, 3.63) is 41.0 Å². The minimum atomic E-state index is -2.72. The van der Waals surface area contributed by atoms with Gasteiger partial charge in [0.2, 0.25) is 0 Å². The highest BCUT2D eigenvalue weighted by atomic mass is 35.5. The summed E-state index contributed by atoms with van der Waals surface area (Å²) in [6.45, 7) is 0. The molecule has 0 aliphatic rings. The molecular formula is C12H9ClF2N2O2S. The topological polar surface area (TPSA) is 55.1 Å². The Morgan fingerprint density at radius 2 is 2.05 bits per heavy atom. The van der Waals surface area contributed by atoms with Gasteiger partial charge >= 0.3 is 5.97 Å². The zero-order valence-electron chi connectivity index (χ0n) is 9.96. The van der Waals surface area contributed by atoms with Crippen LogP contribution in [0.4, 0.5) is 8.78 Å². The van der Waals surface area contributed by atoms with Crippen molar-refractivity contribution in [1.29, 1.82) is 0 Å². The van der Waals surface area contributed by atoms with Crippen molar-refractivity contribution in [3.63, 3.8) is 0 Å². The van der Waals surface area contributed by atoms with Crippen molar-refractivity contribution >= 4 is 29.3 Å². The van der Waals surface area contributed by atoms with Crippen molar-refractivity contribution in [2.45, 2.75) is 11.5 Å². The first-order valence-corrected chi connectivity index (χ1v) is 6.82. The number of hydrogen-bond acceptors (Lipinski definition) is 3. The van der Waals surface area contributed by atoms with Gasteiger partial charge in [-0.2, -0.15) is 5.10 Å². The fraction of sp³-hybridized carbons (Fsp3) is 0.167. The molecule has 0 aliphatic carbocycles. The highest BCUT2D eigenvalue weighted by Crippen LogP contribution is 2.27. The van der Waals surface area contributed by atoms with E-state index in [1.807, 2.05) is 0 Å². The largest absolute Gasteiger partial charge is 0.481 e. The molecule has 1 heterocycles. The van der Waals surface area contributed by atoms with Crippen LogP contribution in [0.2, 0.25) is 5.02 Å². The van der Waals surface area contributed by atoms with Crippen LogP contribution in [0.3, 0.4) is 0 Å². The van der Waals surface area contributed by atoms with Crippen LogP contribution in [0.25, 0.3) is 5.69 Å². The van der Waals surface area contributed by atoms with Gasteiger partial charge in [-0.25, -0.2) is 13.5 Å². The molecule has 1 aromatic carbocycles. The van der Waals surface area contributed by atoms with Gasteiger partial charge in [-0.1, -0.05) is 23.4 Å². The molecule has 20 heavy (non-hydrogen) atoms. The Kier molecular flexibility index (Phi) is 4.61. The van der Waals surface area contributed by atoms with E-state index in [1.54, 1.807) is 24.3 Å². The first-order chi connectivity index (χ1) is 9.47. The number of rotatable bonds is 5. The summed E-state index contributed by atoms with van der Waals surface area (Å²) < 4.78 is 26.7. The molecule has 8 heteroatoms. The van der Waals surface area contributed by atoms with Gasteiger partial charge in [0.15, 0.2) is 0 Å². The molecule has 0 amide bonds. The lowest BCUT2D eigenvalue weighted by atomic mass is 10.3. The molecule has 4 nitrogen and oxygen atoms in total. The lowest BCUT2D eigenvalue weighted by molar-refractivity contribution is -0.133. The molecule has 0 fully saturated rings. The molecule has 1 N–H and O–H groups in total. The number of hydrogen-bond donors (Lipinski definition) is 1. The van der Waals surface area contributed by atoms with E-state index in [4.69, 9.17) is 16.7 Å². The second-order valence-corrected chi connectivity index (χ2v) is 5.21. The summed E-state index contributed by atoms with van der Waals surface area (Å²) in [7, 11) is 0. The number of carbonyl (C=O) groups is 1. The number of aliphatic carboxylic acids is 1. The van der Waals surface area contributed by atoms with E-state index in [0.717, 1.165) is 11.8 Å². The Hall–Kier alpha value is -1.60. The summed E-state index contributed by atoms with van der Waals surface area (Å²) in [5.74, 6) is -1.26. The predicted molar refractivity (Wildman–Crippen MR) is 71.9 cm³/mol. The average Bonchev–Trinajstić information content (AvgIpc) is 2.81. The van der Waals surface area contributed by atoms with Crippen molar-refractivity contribution < 1.29 is 18.7 Å². The Morgan fingerprint density at radius 3 is 2.60 bits per heavy atom. The van der Waals surface area contributed by atoms with Crippen LogP contribution in [0, 0.1) is 0 Å². The third kappa shape index (κ3) is 3.49. The molecule has 106 valence electrons. The third-order valence-corrected chi connectivity index (χ3v) is 3.56. The Balaban J connectivity index is 2.38. The Labute approximate surface area is 122 Å². The van der Waals surface area contributed by atoms with Crippen LogP contribution in [0.5, 0.6) is 0 Å². The molecule has 0 unspecified atom stereocenters. The minimum absolute atomic E-state index is 0.234. The maximum Gasteiger partial charge on any atom is 0.313 e. The van der Waals surface area contributed by atoms with Gasteiger partial charge in [0.1, 0.15) is 10.7 Å². The molecule has 1 aromatic heterocycles. The predicted octanol–water partition coefficient (Wildman–Crippen LogP) is 3.64. The number of alkyl halides is 2. The van der Waals surface area contributed by atoms with E-state index in [0.29, 0.717) is 15.7 Å². The summed E-state index contributed by atoms with van der Waals surface area (Å²) in [5, 5.41) is 13.3. The fourth-order valence-electron chi connectivity index (χ4n) is 1.49. The van der Waals surface area contributed by atoms with Crippen molar-refractivity contribution in [2.75, 3.05) is 5.75 Å². The molecule has 0 spiro atoms. The normalized spacial score (nSPS) is 11.0. The fourth-order valence-corrected chi connectivity index (χ4v) is 2.36. The highest BCUT2D eigenvalue weighted by molar-refractivity contribution is 7.99. The van der Waals surface area contributed by atoms with Gasteiger partial charge < -0.3 is 5.11 Å². The van der Waals surface area contributed by atoms with Crippen LogP contribution in [-0.4, -0.2) is 26.6 Å². The van der Waals surface area contributed by atoms with E-state index < -0.39 is 18.1 Å². The minimum Gasteiger partial charge on any atom is -0.481 e. The maximum absolute atomic E-state index is 12.7. The van der Waals surface area contributed by atoms with Crippen molar-refractivity contribution in [1.82, 2.24) is 9.78 Å². The van der Waals surface area contributed by atoms with E-state index in [-0.39, 0.29) is 5.75 Å². The second-order valence-electron chi connectivity index (χ2n) is 3.78. The standard InChI is InChI=1S/C12H9ClF2N2O2S/c13-7-1-3-8(4-2-7)17-10(20-6-11(18)19)5-9(16-17)12(14)15/h1-5,12H,6H2,(H,18,19). The zero-order valence-corrected chi connectivity index (χ0v) is 11.5. The van der Waals surface area contributed by atoms with Crippen LogP contribution in [0.1, 0.15) is 12.1 Å². The number of carboxylic acids is 1. The number of aromatic nitrogens is 2. The molecule has 0 atom stereocenters. The molecule has 0 saturated carbocycles. The quantitative estimate of drug-likeness (QED) is 0.855. The van der Waals surface area contributed by atoms with Crippen LogP contribution >= 0.6 is 23.4 Å². The molecule has 0 saturated heterocycles. The van der Waals surface area contributed by atoms with Gasteiger partial charge in [0, 0.05) is 5.02 Å². The SMILES string of the molecule is O=C(O)CSc1cc(C(F)F)nn1-c1ccc(Cl)cc1. The molecule has 2 aromatic rings. The maximum atomic E-state index is 12.7. The van der Waals surface area contributed by atoms with Crippen molar-refractivity contribution in [3.8, 4) is 5.69 Å². The smallest absolute Gasteiger partial charge is 0.313 e. The average molecular weight is 319 g/mol. The number of benzene rings is 1. The van der Waals surface area contributed by atoms with E-state index in [9.17, 15) is 13.6 Å². The van der Waals surface area contributed by atoms with Crippen LogP contribution in [-0.2, 0) is 4.79 Å². The molecule has 0 aliphatic heterocycles. The highest BCUT2D eigenvalue weighted by Gasteiger charge is 2.17. The third-order valence-electron chi connectivity index (χ3n) is 2.33. The molecular weight excluding hydrogens is 310 g/mol. The lowest BCUT2D eigenvalue weighted by Gasteiger charge is -2.06. The Morgan fingerprint density at radius 1 is 1.40 bits per heavy atom. The number of thioether (sulfide) groups is 1. The summed E-state index contributed by atoms with van der Waals surface area (Å²) >= 11 is 6.69. The summed E-state index contributed by atoms with van der Waals surface area (Å²) in [6.07, 6.45) is -2.72. The monoisotopic (exact) mass is 318 g/mol. The summed E-state index contributed by atoms with van der Waals surface area (Å²) in [6, 6.07) is 7.64.